The van der Waals surface area contributed by atoms with E-state index in [2.05, 4.69) is 24.5 Å². The van der Waals surface area contributed by atoms with E-state index >= 15 is 0 Å². The van der Waals surface area contributed by atoms with Crippen LogP contribution in [0.1, 0.15) is 20.3 Å². The van der Waals surface area contributed by atoms with E-state index in [1.165, 1.54) is 0 Å². The minimum atomic E-state index is -0.333. The van der Waals surface area contributed by atoms with Gasteiger partial charge in [0, 0.05) is 19.8 Å². The molecule has 0 aromatic heterocycles. The van der Waals surface area contributed by atoms with Crippen molar-refractivity contribution in [3.63, 3.8) is 0 Å². The van der Waals surface area contributed by atoms with Gasteiger partial charge in [-0.2, -0.15) is 0 Å². The maximum Gasteiger partial charge on any atom is 0.239 e. The van der Waals surface area contributed by atoms with E-state index in [1.807, 2.05) is 0 Å². The zero-order chi connectivity index (χ0) is 13.1. The summed E-state index contributed by atoms with van der Waals surface area (Å²) in [7, 11) is 0. The second kappa shape index (κ2) is 10.0. The molecule has 0 aromatic carbocycles. The van der Waals surface area contributed by atoms with Crippen LogP contribution in [0.3, 0.4) is 0 Å². The fraction of sp³-hybridized carbons (Fsp3) is 0.818. The first-order chi connectivity index (χ1) is 8.06. The number of rotatable bonds is 9. The third-order valence-electron chi connectivity index (χ3n) is 1.87. The standard InChI is InChI=1S/C11H23N3O3/c1-9(2)8-17-5-3-4-13-11(16)7-14-10(15)6-12/h9H,3-8,12H2,1-2H3,(H,13,16)(H,14,15). The molecule has 0 rings (SSSR count). The number of hydrogen-bond acceptors (Lipinski definition) is 4. The minimum Gasteiger partial charge on any atom is -0.381 e. The van der Waals surface area contributed by atoms with Gasteiger partial charge in [-0.25, -0.2) is 0 Å². The zero-order valence-corrected chi connectivity index (χ0v) is 10.6. The van der Waals surface area contributed by atoms with Gasteiger partial charge in [0.25, 0.3) is 0 Å². The van der Waals surface area contributed by atoms with E-state index in [0.717, 1.165) is 13.0 Å². The maximum atomic E-state index is 11.2. The van der Waals surface area contributed by atoms with Crippen LogP contribution in [0.15, 0.2) is 0 Å². The predicted octanol–water partition coefficient (Wildman–Crippen LogP) is -0.760. The van der Waals surface area contributed by atoms with Crippen molar-refractivity contribution in [3.8, 4) is 0 Å². The summed E-state index contributed by atoms with van der Waals surface area (Å²) in [6, 6.07) is 0. The molecule has 0 radical (unpaired) electrons. The number of hydrogen-bond donors (Lipinski definition) is 3. The van der Waals surface area contributed by atoms with Gasteiger partial charge >= 0.3 is 0 Å². The molecule has 0 atom stereocenters. The summed E-state index contributed by atoms with van der Waals surface area (Å²) < 4.78 is 5.35. The number of amides is 2. The summed E-state index contributed by atoms with van der Waals surface area (Å²) in [5, 5.41) is 5.07. The molecule has 4 N–H and O–H groups in total. The van der Waals surface area contributed by atoms with Crippen molar-refractivity contribution in [2.24, 2.45) is 11.7 Å². The molecule has 2 amide bonds. The number of carbonyl (C=O) groups is 2. The summed E-state index contributed by atoms with van der Waals surface area (Å²) in [6.45, 7) is 5.96. The Kier molecular flexibility index (Phi) is 9.37. The van der Waals surface area contributed by atoms with Crippen LogP contribution in [0.4, 0.5) is 0 Å². The SMILES string of the molecule is CC(C)COCCCNC(=O)CNC(=O)CN. The van der Waals surface area contributed by atoms with E-state index in [4.69, 9.17) is 10.5 Å². The molecular formula is C11H23N3O3. The van der Waals surface area contributed by atoms with Gasteiger partial charge in [0.1, 0.15) is 0 Å². The molecule has 0 saturated carbocycles. The molecule has 100 valence electrons. The molecule has 0 aliphatic carbocycles. The Bertz CT molecular complexity index is 232. The lowest BCUT2D eigenvalue weighted by Gasteiger charge is -2.08. The first-order valence-electron chi connectivity index (χ1n) is 5.87. The third kappa shape index (κ3) is 11.1. The summed E-state index contributed by atoms with van der Waals surface area (Å²) in [5.41, 5.74) is 5.08. The lowest BCUT2D eigenvalue weighted by Crippen LogP contribution is -2.39. The van der Waals surface area contributed by atoms with Crippen LogP contribution in [0, 0.1) is 5.92 Å². The second-order valence-corrected chi connectivity index (χ2v) is 4.15. The van der Waals surface area contributed by atoms with Crippen molar-refractivity contribution in [3.05, 3.63) is 0 Å². The van der Waals surface area contributed by atoms with E-state index in [0.29, 0.717) is 19.1 Å². The van der Waals surface area contributed by atoms with Crippen LogP contribution in [-0.2, 0) is 14.3 Å². The fourth-order valence-electron chi connectivity index (χ4n) is 1.03. The van der Waals surface area contributed by atoms with Crippen LogP contribution in [0.25, 0.3) is 0 Å². The molecule has 0 unspecified atom stereocenters. The van der Waals surface area contributed by atoms with Crippen molar-refractivity contribution in [2.75, 3.05) is 32.8 Å². The second-order valence-electron chi connectivity index (χ2n) is 4.15. The molecule has 0 saturated heterocycles. The molecule has 0 aliphatic heterocycles. The first-order valence-corrected chi connectivity index (χ1v) is 5.87. The van der Waals surface area contributed by atoms with Crippen molar-refractivity contribution in [1.29, 1.82) is 0 Å². The monoisotopic (exact) mass is 245 g/mol. The average molecular weight is 245 g/mol. The predicted molar refractivity (Wildman–Crippen MR) is 65.3 cm³/mol. The van der Waals surface area contributed by atoms with Gasteiger partial charge in [-0.3, -0.25) is 9.59 Å². The molecule has 6 heteroatoms. The topological polar surface area (TPSA) is 93.5 Å². The molecule has 0 heterocycles. The van der Waals surface area contributed by atoms with Crippen LogP contribution in [0.2, 0.25) is 0 Å². The molecule has 0 aromatic rings. The molecule has 6 nitrogen and oxygen atoms in total. The van der Waals surface area contributed by atoms with E-state index in [-0.39, 0.29) is 24.9 Å². The highest BCUT2D eigenvalue weighted by molar-refractivity contribution is 5.85. The summed E-state index contributed by atoms with van der Waals surface area (Å²) in [5.74, 6) is -0.0212. The van der Waals surface area contributed by atoms with Gasteiger partial charge in [0.05, 0.1) is 13.1 Å². The number of carbonyl (C=O) groups excluding carboxylic acids is 2. The lowest BCUT2D eigenvalue weighted by atomic mass is 10.2. The first kappa shape index (κ1) is 15.9. The van der Waals surface area contributed by atoms with Gasteiger partial charge in [-0.1, -0.05) is 13.8 Å². The molecular weight excluding hydrogens is 222 g/mol. The van der Waals surface area contributed by atoms with Crippen LogP contribution < -0.4 is 16.4 Å². The number of nitrogens with one attached hydrogen (secondary N) is 2. The Balaban J connectivity index is 3.30. The normalized spacial score (nSPS) is 10.4. The van der Waals surface area contributed by atoms with Crippen LogP contribution in [0.5, 0.6) is 0 Å². The lowest BCUT2D eigenvalue weighted by molar-refractivity contribution is -0.125. The molecule has 0 bridgehead atoms. The smallest absolute Gasteiger partial charge is 0.239 e. The maximum absolute atomic E-state index is 11.2. The van der Waals surface area contributed by atoms with Crippen LogP contribution in [-0.4, -0.2) is 44.7 Å². The molecule has 17 heavy (non-hydrogen) atoms. The van der Waals surface area contributed by atoms with Crippen molar-refractivity contribution >= 4 is 11.8 Å². The van der Waals surface area contributed by atoms with Gasteiger partial charge < -0.3 is 21.1 Å². The fourth-order valence-corrected chi connectivity index (χ4v) is 1.03. The molecule has 0 spiro atoms. The number of nitrogens with two attached hydrogens (primary N) is 1. The largest absolute Gasteiger partial charge is 0.381 e. The van der Waals surface area contributed by atoms with Crippen molar-refractivity contribution in [2.45, 2.75) is 20.3 Å². The number of ether oxygens (including phenoxy) is 1. The molecule has 0 aliphatic rings. The van der Waals surface area contributed by atoms with Crippen molar-refractivity contribution in [1.82, 2.24) is 10.6 Å². The minimum absolute atomic E-state index is 0.0249. The highest BCUT2D eigenvalue weighted by Gasteiger charge is 2.02. The highest BCUT2D eigenvalue weighted by Crippen LogP contribution is 1.92. The Labute approximate surface area is 102 Å². The van der Waals surface area contributed by atoms with Gasteiger partial charge in [-0.05, 0) is 12.3 Å². The average Bonchev–Trinajstić information content (AvgIpc) is 2.30. The van der Waals surface area contributed by atoms with E-state index < -0.39 is 0 Å². The van der Waals surface area contributed by atoms with E-state index in [9.17, 15) is 9.59 Å². The summed E-state index contributed by atoms with van der Waals surface area (Å²) >= 11 is 0. The van der Waals surface area contributed by atoms with Gasteiger partial charge in [0.2, 0.25) is 11.8 Å². The van der Waals surface area contributed by atoms with Gasteiger partial charge in [-0.15, -0.1) is 0 Å². The third-order valence-corrected chi connectivity index (χ3v) is 1.87. The Morgan fingerprint density at radius 2 is 1.94 bits per heavy atom. The quantitative estimate of drug-likeness (QED) is 0.465. The zero-order valence-electron chi connectivity index (χ0n) is 10.6. The summed E-state index contributed by atoms with van der Waals surface area (Å²) in [6.07, 6.45) is 0.767. The molecule has 0 fully saturated rings. The Morgan fingerprint density at radius 3 is 2.53 bits per heavy atom. The highest BCUT2D eigenvalue weighted by atomic mass is 16.5. The van der Waals surface area contributed by atoms with Gasteiger partial charge in [0.15, 0.2) is 0 Å². The van der Waals surface area contributed by atoms with Crippen molar-refractivity contribution < 1.29 is 14.3 Å². The Morgan fingerprint density at radius 1 is 1.24 bits per heavy atom. The summed E-state index contributed by atoms with van der Waals surface area (Å²) in [4.78, 5) is 22.0. The van der Waals surface area contributed by atoms with E-state index in [1.54, 1.807) is 0 Å². The Hall–Kier alpha value is -1.14. The van der Waals surface area contributed by atoms with Crippen LogP contribution >= 0.6 is 0 Å².